The summed E-state index contributed by atoms with van der Waals surface area (Å²) in [7, 11) is 0. The lowest BCUT2D eigenvalue weighted by Gasteiger charge is -2.35. The number of carboxylic acid groups (broad SMARTS) is 3. The Morgan fingerprint density at radius 3 is 1.88 bits per heavy atom. The van der Waals surface area contributed by atoms with Crippen LogP contribution in [-0.2, 0) is 6.61 Å². The molecule has 3 rings (SSSR count). The Morgan fingerprint density at radius 2 is 1.24 bits per heavy atom. The zero-order chi connectivity index (χ0) is 35.4. The Bertz CT molecular complexity index is 1250. The minimum Gasteiger partial charge on any atom is -0.494 e. The lowest BCUT2D eigenvalue weighted by molar-refractivity contribution is 0.0657. The first-order valence-electron chi connectivity index (χ1n) is 17.4. The maximum Gasteiger partial charge on any atom is 0.407 e. The molecule has 1 aliphatic rings. The fourth-order valence-corrected chi connectivity index (χ4v) is 5.86. The fraction of sp³-hybridized carbons (Fsp3) is 0.583. The van der Waals surface area contributed by atoms with Gasteiger partial charge >= 0.3 is 18.3 Å². The van der Waals surface area contributed by atoms with Crippen LogP contribution in [0.1, 0.15) is 63.9 Å². The summed E-state index contributed by atoms with van der Waals surface area (Å²) in [6.07, 6.45) is 3.72. The Hall–Kier alpha value is -4.23. The summed E-state index contributed by atoms with van der Waals surface area (Å²) in [6.45, 7) is 3.84. The molecular formula is C36H54N4O9. The summed E-state index contributed by atoms with van der Waals surface area (Å²) in [5.41, 5.74) is 1.13. The molecule has 49 heavy (non-hydrogen) atoms. The van der Waals surface area contributed by atoms with Crippen LogP contribution in [0, 0.1) is 0 Å². The molecule has 2 unspecified atom stereocenters. The number of rotatable bonds is 16. The van der Waals surface area contributed by atoms with E-state index >= 15 is 0 Å². The van der Waals surface area contributed by atoms with E-state index in [0.29, 0.717) is 39.3 Å². The summed E-state index contributed by atoms with van der Waals surface area (Å²) in [6, 6.07) is 17.1. The maximum atomic E-state index is 11.9. The zero-order valence-corrected chi connectivity index (χ0v) is 28.7. The highest BCUT2D eigenvalue weighted by Gasteiger charge is 2.27. The summed E-state index contributed by atoms with van der Waals surface area (Å²) < 4.78 is 11.7. The molecule has 272 valence electrons. The van der Waals surface area contributed by atoms with Gasteiger partial charge in [-0.05, 0) is 49.6 Å². The van der Waals surface area contributed by atoms with E-state index in [4.69, 9.17) is 9.47 Å². The topological polar surface area (TPSA) is 164 Å². The number of aliphatic hydroxyl groups excluding tert-OH is 1. The van der Waals surface area contributed by atoms with Gasteiger partial charge in [-0.25, -0.2) is 14.4 Å². The van der Waals surface area contributed by atoms with Crippen molar-refractivity contribution in [3.63, 3.8) is 0 Å². The van der Waals surface area contributed by atoms with Crippen LogP contribution in [0.25, 0.3) is 0 Å². The first-order chi connectivity index (χ1) is 23.6. The van der Waals surface area contributed by atoms with E-state index in [1.54, 1.807) is 6.92 Å². The van der Waals surface area contributed by atoms with Crippen molar-refractivity contribution >= 4 is 18.3 Å². The zero-order valence-electron chi connectivity index (χ0n) is 28.7. The molecule has 0 aliphatic carbocycles. The number of benzene rings is 2. The average Bonchev–Trinajstić information content (AvgIpc) is 3.07. The number of aliphatic hydroxyl groups is 1. The molecule has 1 heterocycles. The number of unbranched alkanes of at least 4 members (excludes halogenated alkanes) is 6. The summed E-state index contributed by atoms with van der Waals surface area (Å²) in [5.74, 6) is 1.64. The van der Waals surface area contributed by atoms with Gasteiger partial charge in [0.2, 0.25) is 0 Å². The van der Waals surface area contributed by atoms with Gasteiger partial charge in [-0.3, -0.25) is 4.90 Å². The van der Waals surface area contributed by atoms with Crippen LogP contribution in [0.5, 0.6) is 11.5 Å². The number of β-amino-alcohol motifs (C(OH)–C–C–N with tert-alkyl or cyclic N) is 1. The van der Waals surface area contributed by atoms with Crippen molar-refractivity contribution in [1.29, 1.82) is 0 Å². The van der Waals surface area contributed by atoms with Crippen LogP contribution in [0.2, 0.25) is 0 Å². The Labute approximate surface area is 289 Å². The smallest absolute Gasteiger partial charge is 0.407 e. The van der Waals surface area contributed by atoms with Crippen molar-refractivity contribution in [3.8, 4) is 11.5 Å². The SMILES string of the molecule is CC1CN(C(=O)O)CCN(C(=O)O)CCN(CC(O)CCCCCCCCCOc2ccc(OCc3ccccc3)cc2)CCN1C(=O)O. The van der Waals surface area contributed by atoms with Gasteiger partial charge in [0.25, 0.3) is 0 Å². The first kappa shape index (κ1) is 39.2. The molecule has 2 aromatic carbocycles. The van der Waals surface area contributed by atoms with Crippen LogP contribution >= 0.6 is 0 Å². The Morgan fingerprint density at radius 1 is 0.694 bits per heavy atom. The van der Waals surface area contributed by atoms with Gasteiger partial charge in [-0.1, -0.05) is 68.9 Å². The third-order valence-electron chi connectivity index (χ3n) is 8.78. The lowest BCUT2D eigenvalue weighted by atomic mass is 10.1. The minimum absolute atomic E-state index is 0.0234. The first-order valence-corrected chi connectivity index (χ1v) is 17.4. The van der Waals surface area contributed by atoms with Gasteiger partial charge in [-0.15, -0.1) is 0 Å². The van der Waals surface area contributed by atoms with Crippen molar-refractivity contribution < 1.29 is 44.3 Å². The number of carbonyl (C=O) groups is 3. The Kier molecular flexibility index (Phi) is 17.3. The summed E-state index contributed by atoms with van der Waals surface area (Å²) >= 11 is 0. The maximum absolute atomic E-state index is 11.9. The van der Waals surface area contributed by atoms with Gasteiger partial charge in [0.1, 0.15) is 18.1 Å². The highest BCUT2D eigenvalue weighted by Crippen LogP contribution is 2.19. The normalized spacial score (nSPS) is 17.1. The molecule has 0 aromatic heterocycles. The summed E-state index contributed by atoms with van der Waals surface area (Å²) in [5, 5.41) is 39.7. The molecule has 1 saturated heterocycles. The fourth-order valence-electron chi connectivity index (χ4n) is 5.86. The van der Waals surface area contributed by atoms with Crippen LogP contribution < -0.4 is 9.47 Å². The molecule has 0 saturated carbocycles. The van der Waals surface area contributed by atoms with E-state index in [2.05, 4.69) is 0 Å². The standard InChI is InChI=1S/C36H54N4O9/c1-29-26-39(35(44)45)23-22-38(34(42)43)21-19-37(20-24-40(29)36(46)47)27-31(41)14-10-5-3-2-4-6-11-25-48-32-15-17-33(18-16-32)49-28-30-12-8-7-9-13-30/h7-9,12-13,15-18,29,31,41H,2-6,10-11,14,19-28H2,1H3,(H,42,43)(H,44,45)(H,46,47). The van der Waals surface area contributed by atoms with E-state index in [1.165, 1.54) is 9.80 Å². The number of amides is 3. The molecule has 1 aliphatic heterocycles. The number of nitrogens with zero attached hydrogens (tertiary/aromatic N) is 4. The number of ether oxygens (including phenoxy) is 2. The minimum atomic E-state index is -1.22. The van der Waals surface area contributed by atoms with Gasteiger partial charge < -0.3 is 44.6 Å². The number of hydrogen-bond acceptors (Lipinski definition) is 7. The highest BCUT2D eigenvalue weighted by atomic mass is 16.5. The average molecular weight is 687 g/mol. The van der Waals surface area contributed by atoms with Crippen molar-refractivity contribution in [2.24, 2.45) is 0 Å². The van der Waals surface area contributed by atoms with Crippen LogP contribution in [-0.4, -0.2) is 129 Å². The molecule has 13 heteroatoms. The van der Waals surface area contributed by atoms with Gasteiger partial charge in [-0.2, -0.15) is 0 Å². The molecule has 0 radical (unpaired) electrons. The van der Waals surface area contributed by atoms with E-state index < -0.39 is 30.4 Å². The van der Waals surface area contributed by atoms with Crippen molar-refractivity contribution in [2.75, 3.05) is 59.0 Å². The van der Waals surface area contributed by atoms with Gasteiger partial charge in [0.05, 0.1) is 12.7 Å². The molecule has 0 spiro atoms. The van der Waals surface area contributed by atoms with Crippen LogP contribution in [0.3, 0.4) is 0 Å². The lowest BCUT2D eigenvalue weighted by Crippen LogP contribution is -2.52. The predicted molar refractivity (Wildman–Crippen MR) is 185 cm³/mol. The second-order valence-corrected chi connectivity index (χ2v) is 12.6. The largest absolute Gasteiger partial charge is 0.494 e. The summed E-state index contributed by atoms with van der Waals surface area (Å²) in [4.78, 5) is 40.8. The molecule has 1 fully saturated rings. The monoisotopic (exact) mass is 686 g/mol. The molecule has 3 amide bonds. The van der Waals surface area contributed by atoms with E-state index in [1.807, 2.05) is 59.5 Å². The van der Waals surface area contributed by atoms with Crippen molar-refractivity contribution in [2.45, 2.75) is 77.0 Å². The Balaban J connectivity index is 1.29. The molecule has 2 atom stereocenters. The highest BCUT2D eigenvalue weighted by molar-refractivity contribution is 5.67. The van der Waals surface area contributed by atoms with Gasteiger partial charge in [0, 0.05) is 58.4 Å². The molecule has 0 bridgehead atoms. The second kappa shape index (κ2) is 21.7. The number of hydrogen-bond donors (Lipinski definition) is 4. The third kappa shape index (κ3) is 15.2. The molecule has 2 aromatic rings. The molecular weight excluding hydrogens is 632 g/mol. The van der Waals surface area contributed by atoms with E-state index in [-0.39, 0.29) is 32.7 Å². The molecule has 4 N–H and O–H groups in total. The van der Waals surface area contributed by atoms with Crippen molar-refractivity contribution in [1.82, 2.24) is 19.6 Å². The second-order valence-electron chi connectivity index (χ2n) is 12.6. The van der Waals surface area contributed by atoms with Crippen molar-refractivity contribution in [3.05, 3.63) is 60.2 Å². The predicted octanol–water partition coefficient (Wildman–Crippen LogP) is 5.77. The van der Waals surface area contributed by atoms with Crippen LogP contribution in [0.4, 0.5) is 14.4 Å². The van der Waals surface area contributed by atoms with E-state index in [0.717, 1.165) is 66.9 Å². The quantitative estimate of drug-likeness (QED) is 0.159. The van der Waals surface area contributed by atoms with E-state index in [9.17, 15) is 34.8 Å². The third-order valence-corrected chi connectivity index (χ3v) is 8.78. The van der Waals surface area contributed by atoms with Gasteiger partial charge in [0.15, 0.2) is 0 Å². The van der Waals surface area contributed by atoms with Crippen LogP contribution in [0.15, 0.2) is 54.6 Å². The molecule has 13 nitrogen and oxygen atoms in total.